The van der Waals surface area contributed by atoms with E-state index in [2.05, 4.69) is 0 Å². The number of benzene rings is 1. The van der Waals surface area contributed by atoms with E-state index in [1.54, 1.807) is 0 Å². The Morgan fingerprint density at radius 1 is 1.11 bits per heavy atom. The number of carboxylic acids is 1. The number of rotatable bonds is 3. The molecule has 0 amide bonds. The van der Waals surface area contributed by atoms with Gasteiger partial charge < -0.3 is 20.4 Å². The molecule has 1 rings (SSSR count). The summed E-state index contributed by atoms with van der Waals surface area (Å²) in [6.07, 6.45) is 1.53. The molecular formula is C13H19AlO5. The fourth-order valence-corrected chi connectivity index (χ4v) is 0.643. The predicted molar refractivity (Wildman–Crippen MR) is 68.9 cm³/mol. The Morgan fingerprint density at radius 3 is 1.68 bits per heavy atom. The molecule has 0 atom stereocenters. The Kier molecular flexibility index (Phi) is 20.6. The summed E-state index contributed by atoms with van der Waals surface area (Å²) in [6.45, 7) is 3.88. The molecule has 0 spiro atoms. The molecule has 0 saturated carbocycles. The molecule has 0 aliphatic heterocycles. The maximum absolute atomic E-state index is 10.7. The normalized spacial score (nSPS) is 8.00. The summed E-state index contributed by atoms with van der Waals surface area (Å²) in [4.78, 5) is 10.2. The molecule has 0 radical (unpaired) electrons. The van der Waals surface area contributed by atoms with Crippen LogP contribution in [0.4, 0.5) is 0 Å². The van der Waals surface area contributed by atoms with Crippen molar-refractivity contribution in [1.82, 2.24) is 0 Å². The van der Waals surface area contributed by atoms with E-state index < -0.39 is 11.7 Å². The van der Waals surface area contributed by atoms with Crippen LogP contribution in [0.5, 0.6) is 5.75 Å². The standard InChI is InChI=1S/C7H6O3.2C3H7O.Al/c8-6-4-2-1-3-5(6)7(9)10;2*1-2-3-4;/h1-4,8H,(H,9,10);2*2-3H2,1H3;/q;2*-1;+3/p-1. The summed E-state index contributed by atoms with van der Waals surface area (Å²) < 4.78 is 0. The fourth-order valence-electron chi connectivity index (χ4n) is 0.643. The number of para-hydroxylation sites is 1. The summed E-state index contributed by atoms with van der Waals surface area (Å²) in [7, 11) is 0. The molecule has 0 fully saturated rings. The Bertz CT molecular complexity index is 310. The van der Waals surface area contributed by atoms with E-state index in [0.29, 0.717) is 0 Å². The molecule has 0 saturated heterocycles. The van der Waals surface area contributed by atoms with Gasteiger partial charge in [-0.3, -0.25) is 0 Å². The number of hydrogen-bond acceptors (Lipinski definition) is 4. The molecule has 0 aliphatic carbocycles. The van der Waals surface area contributed by atoms with Gasteiger partial charge in [0.15, 0.2) is 0 Å². The van der Waals surface area contributed by atoms with Crippen molar-refractivity contribution < 1.29 is 25.2 Å². The van der Waals surface area contributed by atoms with Crippen molar-refractivity contribution >= 4 is 23.3 Å². The first kappa shape index (κ1) is 23.1. The van der Waals surface area contributed by atoms with Crippen LogP contribution in [0.3, 0.4) is 0 Å². The third kappa shape index (κ3) is 14.9. The van der Waals surface area contributed by atoms with Gasteiger partial charge in [0.05, 0.1) is 5.56 Å². The van der Waals surface area contributed by atoms with Crippen LogP contribution in [0.2, 0.25) is 0 Å². The molecule has 0 aliphatic rings. The van der Waals surface area contributed by atoms with Crippen molar-refractivity contribution in [2.75, 3.05) is 13.2 Å². The zero-order valence-electron chi connectivity index (χ0n) is 11.3. The zero-order valence-corrected chi connectivity index (χ0v) is 12.5. The quantitative estimate of drug-likeness (QED) is 0.758. The minimum atomic E-state index is -1.18. The third-order valence-electron chi connectivity index (χ3n) is 1.53. The summed E-state index contributed by atoms with van der Waals surface area (Å²) >= 11 is 0. The van der Waals surface area contributed by atoms with Crippen LogP contribution in [0.15, 0.2) is 24.3 Å². The van der Waals surface area contributed by atoms with Crippen LogP contribution in [-0.2, 0) is 0 Å². The third-order valence-corrected chi connectivity index (χ3v) is 1.53. The molecular weight excluding hydrogens is 263 g/mol. The van der Waals surface area contributed by atoms with Crippen LogP contribution in [-0.4, -0.2) is 41.7 Å². The van der Waals surface area contributed by atoms with E-state index in [0.717, 1.165) is 12.8 Å². The Hall–Kier alpha value is -1.06. The van der Waals surface area contributed by atoms with Gasteiger partial charge in [-0.2, -0.15) is 0 Å². The fraction of sp³-hybridized carbons (Fsp3) is 0.462. The molecule has 104 valence electrons. The van der Waals surface area contributed by atoms with E-state index in [1.165, 1.54) is 24.3 Å². The molecule has 1 aromatic carbocycles. The van der Waals surface area contributed by atoms with E-state index in [1.807, 2.05) is 13.8 Å². The van der Waals surface area contributed by atoms with Crippen LogP contribution in [0.25, 0.3) is 0 Å². The van der Waals surface area contributed by atoms with Crippen molar-refractivity contribution in [2.45, 2.75) is 26.7 Å². The van der Waals surface area contributed by atoms with Gasteiger partial charge in [0.2, 0.25) is 0 Å². The number of carbonyl (C=O) groups is 1. The van der Waals surface area contributed by atoms with Crippen LogP contribution in [0.1, 0.15) is 37.0 Å². The van der Waals surface area contributed by atoms with Crippen molar-refractivity contribution in [3.8, 4) is 5.75 Å². The van der Waals surface area contributed by atoms with Crippen molar-refractivity contribution in [1.29, 1.82) is 0 Å². The van der Waals surface area contributed by atoms with Crippen LogP contribution >= 0.6 is 0 Å². The largest absolute Gasteiger partial charge is 3.00 e. The smallest absolute Gasteiger partial charge is 0.872 e. The van der Waals surface area contributed by atoms with Gasteiger partial charge in [-0.15, -0.1) is 13.2 Å². The first-order valence-electron chi connectivity index (χ1n) is 5.70. The Balaban J connectivity index is -0.000000242. The van der Waals surface area contributed by atoms with Gasteiger partial charge in [0.1, 0.15) is 0 Å². The average Bonchev–Trinajstić information content (AvgIpc) is 2.39. The Labute approximate surface area is 124 Å². The molecule has 1 aromatic rings. The topological polar surface area (TPSA) is 106 Å². The SMILES string of the molecule is CCC[O-].CCC[O-].O=C(O)c1ccccc1[O-].[Al+3]. The second-order valence-electron chi connectivity index (χ2n) is 3.21. The molecule has 0 heterocycles. The summed E-state index contributed by atoms with van der Waals surface area (Å²) in [6, 6.07) is 5.54. The van der Waals surface area contributed by atoms with E-state index in [4.69, 9.17) is 5.11 Å². The summed E-state index contributed by atoms with van der Waals surface area (Å²) in [5.41, 5.74) is -0.178. The second-order valence-corrected chi connectivity index (χ2v) is 3.21. The zero-order chi connectivity index (χ0) is 14.4. The van der Waals surface area contributed by atoms with E-state index in [9.17, 15) is 20.1 Å². The molecule has 1 N–H and O–H groups in total. The molecule has 19 heavy (non-hydrogen) atoms. The predicted octanol–water partition coefficient (Wildman–Crippen LogP) is -0.409. The van der Waals surface area contributed by atoms with Gasteiger partial charge in [-0.05, 0) is 6.07 Å². The van der Waals surface area contributed by atoms with Gasteiger partial charge in [0.25, 0.3) is 0 Å². The minimum Gasteiger partial charge on any atom is -0.872 e. The maximum atomic E-state index is 10.7. The van der Waals surface area contributed by atoms with Gasteiger partial charge in [0, 0.05) is 0 Å². The number of aromatic carboxylic acids is 1. The van der Waals surface area contributed by atoms with E-state index >= 15 is 0 Å². The van der Waals surface area contributed by atoms with Gasteiger partial charge in [-0.25, -0.2) is 4.79 Å². The first-order chi connectivity index (χ1) is 8.54. The van der Waals surface area contributed by atoms with Crippen LogP contribution < -0.4 is 15.3 Å². The molecule has 5 nitrogen and oxygen atoms in total. The summed E-state index contributed by atoms with van der Waals surface area (Å²) in [5.74, 6) is -1.62. The van der Waals surface area contributed by atoms with Crippen molar-refractivity contribution in [2.24, 2.45) is 0 Å². The van der Waals surface area contributed by atoms with Crippen molar-refractivity contribution in [3.05, 3.63) is 29.8 Å². The van der Waals surface area contributed by atoms with E-state index in [-0.39, 0.29) is 36.1 Å². The summed E-state index contributed by atoms with van der Waals surface area (Å²) in [5, 5.41) is 37.6. The molecule has 0 unspecified atom stereocenters. The van der Waals surface area contributed by atoms with Crippen molar-refractivity contribution in [3.63, 3.8) is 0 Å². The second kappa shape index (κ2) is 16.9. The minimum absolute atomic E-state index is 0. The molecule has 0 aromatic heterocycles. The average molecular weight is 282 g/mol. The molecule has 0 bridgehead atoms. The molecule has 6 heteroatoms. The van der Waals surface area contributed by atoms with Gasteiger partial charge in [-0.1, -0.05) is 50.6 Å². The van der Waals surface area contributed by atoms with Gasteiger partial charge >= 0.3 is 23.3 Å². The maximum Gasteiger partial charge on any atom is 3.00 e. The first-order valence-corrected chi connectivity index (χ1v) is 5.70. The monoisotopic (exact) mass is 282 g/mol. The van der Waals surface area contributed by atoms with Crippen LogP contribution in [0, 0.1) is 0 Å². The number of carboxylic acid groups (broad SMARTS) is 1. The number of hydrogen-bond donors (Lipinski definition) is 1. The Morgan fingerprint density at radius 2 is 1.47 bits per heavy atom.